The predicted octanol–water partition coefficient (Wildman–Crippen LogP) is 5.93. The first-order valence-electron chi connectivity index (χ1n) is 12.8. The van der Waals surface area contributed by atoms with Gasteiger partial charge in [-0.25, -0.2) is 13.1 Å². The van der Waals surface area contributed by atoms with Gasteiger partial charge in [0.05, 0.1) is 4.90 Å². The SMILES string of the molecule is CCC(=C(c1ccccc1)c1ccc(C=CC(=O)NS(=O)(=O)c2ccc(C(=O)NC)cc2)cc1)c1ccccc1. The summed E-state index contributed by atoms with van der Waals surface area (Å²) in [4.78, 5) is 24.0. The van der Waals surface area contributed by atoms with Crippen LogP contribution in [0.3, 0.4) is 0 Å². The smallest absolute Gasteiger partial charge is 0.264 e. The number of sulfonamides is 1. The van der Waals surface area contributed by atoms with Crippen molar-refractivity contribution in [2.24, 2.45) is 0 Å². The zero-order valence-electron chi connectivity index (χ0n) is 22.3. The molecule has 0 fully saturated rings. The van der Waals surface area contributed by atoms with E-state index in [1.165, 1.54) is 43.0 Å². The fraction of sp³-hybridized carbons (Fsp3) is 0.0909. The van der Waals surface area contributed by atoms with Crippen LogP contribution >= 0.6 is 0 Å². The Morgan fingerprint density at radius 2 is 1.23 bits per heavy atom. The first kappa shape index (κ1) is 28.3. The van der Waals surface area contributed by atoms with Crippen molar-refractivity contribution < 1.29 is 18.0 Å². The van der Waals surface area contributed by atoms with Crippen LogP contribution in [0.4, 0.5) is 0 Å². The number of carbonyl (C=O) groups excluding carboxylic acids is 2. The fourth-order valence-electron chi connectivity index (χ4n) is 4.37. The lowest BCUT2D eigenvalue weighted by atomic mass is 9.88. The van der Waals surface area contributed by atoms with Crippen molar-refractivity contribution in [1.29, 1.82) is 0 Å². The van der Waals surface area contributed by atoms with E-state index in [2.05, 4.69) is 36.5 Å². The van der Waals surface area contributed by atoms with E-state index in [4.69, 9.17) is 0 Å². The highest BCUT2D eigenvalue weighted by Gasteiger charge is 2.17. The minimum Gasteiger partial charge on any atom is -0.355 e. The molecule has 0 atom stereocenters. The molecular formula is C33H30N2O4S. The highest BCUT2D eigenvalue weighted by molar-refractivity contribution is 7.90. The molecule has 0 aliphatic heterocycles. The van der Waals surface area contributed by atoms with E-state index in [0.29, 0.717) is 5.56 Å². The van der Waals surface area contributed by atoms with Gasteiger partial charge in [-0.05, 0) is 70.2 Å². The molecule has 40 heavy (non-hydrogen) atoms. The number of carbonyl (C=O) groups is 2. The van der Waals surface area contributed by atoms with Crippen molar-refractivity contribution in [1.82, 2.24) is 10.0 Å². The second-order valence-corrected chi connectivity index (χ2v) is 10.7. The van der Waals surface area contributed by atoms with Crippen LogP contribution in [-0.4, -0.2) is 27.3 Å². The maximum absolute atomic E-state index is 12.6. The number of hydrogen-bond donors (Lipinski definition) is 2. The summed E-state index contributed by atoms with van der Waals surface area (Å²) >= 11 is 0. The van der Waals surface area contributed by atoms with Gasteiger partial charge < -0.3 is 5.32 Å². The molecule has 7 heteroatoms. The molecule has 0 unspecified atom stereocenters. The van der Waals surface area contributed by atoms with Gasteiger partial charge in [0.2, 0.25) is 0 Å². The second-order valence-electron chi connectivity index (χ2n) is 8.97. The van der Waals surface area contributed by atoms with E-state index in [-0.39, 0.29) is 10.8 Å². The molecule has 2 amide bonds. The Balaban J connectivity index is 1.54. The monoisotopic (exact) mass is 550 g/mol. The Labute approximate surface area is 235 Å². The average molecular weight is 551 g/mol. The van der Waals surface area contributed by atoms with Crippen molar-refractivity contribution in [2.75, 3.05) is 7.05 Å². The summed E-state index contributed by atoms with van der Waals surface area (Å²) in [5, 5.41) is 2.47. The minimum atomic E-state index is -4.09. The van der Waals surface area contributed by atoms with Crippen LogP contribution in [-0.2, 0) is 14.8 Å². The summed E-state index contributed by atoms with van der Waals surface area (Å²) in [6.45, 7) is 2.14. The Hall–Kier alpha value is -4.75. The maximum atomic E-state index is 12.6. The molecule has 0 saturated heterocycles. The molecule has 4 aromatic rings. The molecule has 0 aromatic heterocycles. The molecule has 0 spiro atoms. The normalized spacial score (nSPS) is 12.1. The highest BCUT2D eigenvalue weighted by Crippen LogP contribution is 2.34. The van der Waals surface area contributed by atoms with Crippen molar-refractivity contribution in [3.8, 4) is 0 Å². The summed E-state index contributed by atoms with van der Waals surface area (Å²) in [7, 11) is -2.60. The maximum Gasteiger partial charge on any atom is 0.264 e. The van der Waals surface area contributed by atoms with Crippen LogP contribution in [0.15, 0.2) is 120 Å². The van der Waals surface area contributed by atoms with Crippen molar-refractivity contribution in [3.63, 3.8) is 0 Å². The third kappa shape index (κ3) is 6.81. The summed E-state index contributed by atoms with van der Waals surface area (Å²) in [5.41, 5.74) is 6.73. The molecule has 0 aliphatic carbocycles. The summed E-state index contributed by atoms with van der Waals surface area (Å²) in [5.74, 6) is -1.11. The van der Waals surface area contributed by atoms with E-state index in [1.807, 2.05) is 65.4 Å². The first-order chi connectivity index (χ1) is 19.3. The lowest BCUT2D eigenvalue weighted by Gasteiger charge is -2.16. The number of hydrogen-bond acceptors (Lipinski definition) is 4. The first-order valence-corrected chi connectivity index (χ1v) is 14.3. The molecule has 202 valence electrons. The van der Waals surface area contributed by atoms with Gasteiger partial charge in [-0.3, -0.25) is 9.59 Å². The number of amides is 2. The largest absolute Gasteiger partial charge is 0.355 e. The molecule has 4 aromatic carbocycles. The molecule has 4 rings (SSSR count). The molecule has 0 radical (unpaired) electrons. The molecular weight excluding hydrogens is 520 g/mol. The van der Waals surface area contributed by atoms with Crippen molar-refractivity contribution in [3.05, 3.63) is 143 Å². The van der Waals surface area contributed by atoms with Crippen molar-refractivity contribution in [2.45, 2.75) is 18.2 Å². The van der Waals surface area contributed by atoms with Gasteiger partial charge in [0.25, 0.3) is 21.8 Å². The lowest BCUT2D eigenvalue weighted by molar-refractivity contribution is -0.114. The molecule has 0 aliphatic rings. The molecule has 0 bridgehead atoms. The van der Waals surface area contributed by atoms with E-state index >= 15 is 0 Å². The predicted molar refractivity (Wildman–Crippen MR) is 160 cm³/mol. The molecule has 0 heterocycles. The van der Waals surface area contributed by atoms with Crippen LogP contribution in [0.5, 0.6) is 0 Å². The quantitative estimate of drug-likeness (QED) is 0.199. The highest BCUT2D eigenvalue weighted by atomic mass is 32.2. The Morgan fingerprint density at radius 3 is 1.77 bits per heavy atom. The van der Waals surface area contributed by atoms with Crippen LogP contribution in [0.25, 0.3) is 17.2 Å². The van der Waals surface area contributed by atoms with E-state index in [9.17, 15) is 18.0 Å². The number of rotatable bonds is 9. The fourth-order valence-corrected chi connectivity index (χ4v) is 5.32. The van der Waals surface area contributed by atoms with Gasteiger partial charge in [0.15, 0.2) is 0 Å². The van der Waals surface area contributed by atoms with Gasteiger partial charge in [-0.2, -0.15) is 0 Å². The zero-order valence-corrected chi connectivity index (χ0v) is 23.1. The van der Waals surface area contributed by atoms with Crippen LogP contribution in [0.1, 0.15) is 46.0 Å². The van der Waals surface area contributed by atoms with Gasteiger partial charge in [0.1, 0.15) is 0 Å². The third-order valence-corrected chi connectivity index (χ3v) is 7.72. The minimum absolute atomic E-state index is 0.114. The molecule has 6 nitrogen and oxygen atoms in total. The van der Waals surface area contributed by atoms with Crippen LogP contribution < -0.4 is 10.0 Å². The van der Waals surface area contributed by atoms with Gasteiger partial charge in [0, 0.05) is 18.7 Å². The van der Waals surface area contributed by atoms with Gasteiger partial charge >= 0.3 is 0 Å². The van der Waals surface area contributed by atoms with Crippen LogP contribution in [0.2, 0.25) is 0 Å². The molecule has 0 saturated carbocycles. The summed E-state index contributed by atoms with van der Waals surface area (Å²) in [6.07, 6.45) is 3.59. The topological polar surface area (TPSA) is 92.3 Å². The number of nitrogens with one attached hydrogen (secondary N) is 2. The van der Waals surface area contributed by atoms with Crippen LogP contribution in [0, 0.1) is 0 Å². The van der Waals surface area contributed by atoms with Gasteiger partial charge in [-0.1, -0.05) is 91.9 Å². The average Bonchev–Trinajstić information content (AvgIpc) is 2.99. The Morgan fingerprint density at radius 1 is 0.700 bits per heavy atom. The standard InChI is InChI=1S/C33H30N2O4S/c1-3-30(25-10-6-4-7-11-25)32(26-12-8-5-9-13-26)27-17-14-24(15-18-27)16-23-31(36)35-40(38,39)29-21-19-28(20-22-29)33(37)34-2/h4-23H,3H2,1-2H3,(H,34,37)(H,35,36). The van der Waals surface area contributed by atoms with E-state index < -0.39 is 15.9 Å². The Kier molecular flexibility index (Phi) is 9.09. The summed E-state index contributed by atoms with van der Waals surface area (Å²) in [6, 6.07) is 33.6. The second kappa shape index (κ2) is 12.9. The summed E-state index contributed by atoms with van der Waals surface area (Å²) < 4.78 is 27.2. The van der Waals surface area contributed by atoms with E-state index in [0.717, 1.165) is 34.2 Å². The number of allylic oxidation sites excluding steroid dienone is 1. The Bertz CT molecular complexity index is 1640. The van der Waals surface area contributed by atoms with Crippen molar-refractivity contribution >= 4 is 39.1 Å². The van der Waals surface area contributed by atoms with Gasteiger partial charge in [-0.15, -0.1) is 0 Å². The lowest BCUT2D eigenvalue weighted by Crippen LogP contribution is -2.29. The van der Waals surface area contributed by atoms with E-state index in [1.54, 1.807) is 6.08 Å². The third-order valence-electron chi connectivity index (χ3n) is 6.36. The molecule has 2 N–H and O–H groups in total. The zero-order chi connectivity index (χ0) is 28.5. The number of benzene rings is 4.